The molecule has 152 valence electrons. The van der Waals surface area contributed by atoms with E-state index in [0.717, 1.165) is 5.39 Å². The Balaban J connectivity index is 2.01. The van der Waals surface area contributed by atoms with E-state index in [-0.39, 0.29) is 5.78 Å². The van der Waals surface area contributed by atoms with Crippen LogP contribution in [0.4, 0.5) is 0 Å². The van der Waals surface area contributed by atoms with E-state index in [1.165, 1.54) is 27.4 Å². The molecule has 0 aliphatic heterocycles. The lowest BCUT2D eigenvalue weighted by molar-refractivity contribution is 0.104. The van der Waals surface area contributed by atoms with Gasteiger partial charge < -0.3 is 28.1 Å². The number of rotatable bonds is 8. The number of hydrogen-bond acceptors (Lipinski definition) is 7. The van der Waals surface area contributed by atoms with Crippen molar-refractivity contribution in [3.05, 3.63) is 47.7 Å². The van der Waals surface area contributed by atoms with Crippen molar-refractivity contribution in [3.8, 4) is 28.7 Å². The van der Waals surface area contributed by atoms with Gasteiger partial charge in [-0.15, -0.1) is 0 Å². The molecule has 7 heteroatoms. The van der Waals surface area contributed by atoms with Gasteiger partial charge in [-0.1, -0.05) is 0 Å². The Hall–Kier alpha value is -3.61. The number of allylic oxidation sites excluding steroid dienone is 1. The zero-order chi connectivity index (χ0) is 21.0. The van der Waals surface area contributed by atoms with Crippen molar-refractivity contribution in [2.75, 3.05) is 35.5 Å². The quantitative estimate of drug-likeness (QED) is 0.412. The molecule has 3 aromatic rings. The van der Waals surface area contributed by atoms with E-state index in [0.29, 0.717) is 45.5 Å². The normalized spacial score (nSPS) is 10.9. The number of hydrogen-bond donors (Lipinski definition) is 0. The number of fused-ring (bicyclic) bond motifs is 1. The molecular weight excluding hydrogens is 376 g/mol. The van der Waals surface area contributed by atoms with E-state index in [1.54, 1.807) is 50.8 Å². The SMILES string of the molecule is COc1cc(C(=O)/C=C/c2cc(OC)c3occc3c2OC)cc(OC)c1OC. The van der Waals surface area contributed by atoms with E-state index in [4.69, 9.17) is 28.1 Å². The molecule has 0 atom stereocenters. The third kappa shape index (κ3) is 3.71. The molecule has 1 heterocycles. The maximum absolute atomic E-state index is 12.8. The van der Waals surface area contributed by atoms with Gasteiger partial charge in [0.15, 0.2) is 28.6 Å². The minimum Gasteiger partial charge on any atom is -0.495 e. The highest BCUT2D eigenvalue weighted by molar-refractivity contribution is 6.08. The van der Waals surface area contributed by atoms with Gasteiger partial charge in [0, 0.05) is 11.1 Å². The van der Waals surface area contributed by atoms with Gasteiger partial charge in [-0.3, -0.25) is 4.79 Å². The Labute approximate surface area is 168 Å². The third-order valence-corrected chi connectivity index (χ3v) is 4.47. The molecule has 0 spiro atoms. The molecule has 7 nitrogen and oxygen atoms in total. The number of ether oxygens (including phenoxy) is 5. The van der Waals surface area contributed by atoms with Crippen molar-refractivity contribution >= 4 is 22.8 Å². The van der Waals surface area contributed by atoms with E-state index >= 15 is 0 Å². The molecule has 1 aromatic heterocycles. The van der Waals surface area contributed by atoms with Crippen LogP contribution in [0.3, 0.4) is 0 Å². The molecule has 3 rings (SSSR count). The van der Waals surface area contributed by atoms with Gasteiger partial charge in [-0.25, -0.2) is 0 Å². The predicted octanol–water partition coefficient (Wildman–Crippen LogP) is 4.37. The summed E-state index contributed by atoms with van der Waals surface area (Å²) in [6.07, 6.45) is 4.67. The number of methoxy groups -OCH3 is 5. The largest absolute Gasteiger partial charge is 0.495 e. The highest BCUT2D eigenvalue weighted by Gasteiger charge is 2.17. The molecule has 0 saturated heterocycles. The van der Waals surface area contributed by atoms with Crippen LogP contribution in [0.5, 0.6) is 28.7 Å². The van der Waals surface area contributed by atoms with Crippen LogP contribution in [0.2, 0.25) is 0 Å². The molecule has 0 aliphatic carbocycles. The fourth-order valence-electron chi connectivity index (χ4n) is 3.09. The van der Waals surface area contributed by atoms with Crippen LogP contribution >= 0.6 is 0 Å². The van der Waals surface area contributed by atoms with Crippen molar-refractivity contribution in [2.45, 2.75) is 0 Å². The molecule has 29 heavy (non-hydrogen) atoms. The standard InChI is InChI=1S/C22H22O7/c1-24-17-10-13(20(27-4)15-8-9-29-21(15)17)6-7-16(23)14-11-18(25-2)22(28-5)19(12-14)26-3/h6-12H,1-5H3/b7-6+. The first kappa shape index (κ1) is 20.1. The Morgan fingerprint density at radius 1 is 0.828 bits per heavy atom. The summed E-state index contributed by atoms with van der Waals surface area (Å²) >= 11 is 0. The van der Waals surface area contributed by atoms with Gasteiger partial charge in [-0.2, -0.15) is 0 Å². The van der Waals surface area contributed by atoms with Crippen molar-refractivity contribution in [1.82, 2.24) is 0 Å². The van der Waals surface area contributed by atoms with Crippen molar-refractivity contribution in [2.24, 2.45) is 0 Å². The average molecular weight is 398 g/mol. The molecule has 0 radical (unpaired) electrons. The minimum absolute atomic E-state index is 0.238. The number of furan rings is 1. The second-order valence-electron chi connectivity index (χ2n) is 5.98. The van der Waals surface area contributed by atoms with Crippen LogP contribution in [0, 0.1) is 0 Å². The summed E-state index contributed by atoms with van der Waals surface area (Å²) in [7, 11) is 7.62. The van der Waals surface area contributed by atoms with Crippen LogP contribution in [0.25, 0.3) is 17.0 Å². The molecule has 0 aliphatic rings. The van der Waals surface area contributed by atoms with E-state index in [1.807, 2.05) is 0 Å². The summed E-state index contributed by atoms with van der Waals surface area (Å²) in [6.45, 7) is 0. The molecule has 2 aromatic carbocycles. The van der Waals surface area contributed by atoms with Crippen molar-refractivity contribution in [3.63, 3.8) is 0 Å². The van der Waals surface area contributed by atoms with Gasteiger partial charge >= 0.3 is 0 Å². The number of carbonyl (C=O) groups excluding carboxylic acids is 1. The molecule has 0 amide bonds. The summed E-state index contributed by atoms with van der Waals surface area (Å²) in [5.41, 5.74) is 1.66. The molecule has 0 bridgehead atoms. The first-order valence-electron chi connectivity index (χ1n) is 8.72. The minimum atomic E-state index is -0.238. The molecule has 0 N–H and O–H groups in total. The van der Waals surface area contributed by atoms with E-state index in [9.17, 15) is 4.79 Å². The molecule has 0 unspecified atom stereocenters. The van der Waals surface area contributed by atoms with Crippen LogP contribution in [-0.2, 0) is 0 Å². The first-order chi connectivity index (χ1) is 14.1. The van der Waals surface area contributed by atoms with Crippen molar-refractivity contribution in [1.29, 1.82) is 0 Å². The summed E-state index contributed by atoms with van der Waals surface area (Å²) in [4.78, 5) is 12.8. The smallest absolute Gasteiger partial charge is 0.203 e. The van der Waals surface area contributed by atoms with Crippen LogP contribution < -0.4 is 23.7 Å². The van der Waals surface area contributed by atoms with E-state index in [2.05, 4.69) is 0 Å². The van der Waals surface area contributed by atoms with Crippen molar-refractivity contribution < 1.29 is 32.9 Å². The summed E-state index contributed by atoms with van der Waals surface area (Å²) in [5, 5.41) is 0.756. The Morgan fingerprint density at radius 2 is 1.45 bits per heavy atom. The lowest BCUT2D eigenvalue weighted by Gasteiger charge is -2.13. The second-order valence-corrected chi connectivity index (χ2v) is 5.98. The van der Waals surface area contributed by atoms with Gasteiger partial charge in [0.1, 0.15) is 5.75 Å². The third-order valence-electron chi connectivity index (χ3n) is 4.47. The predicted molar refractivity (Wildman–Crippen MR) is 109 cm³/mol. The van der Waals surface area contributed by atoms with Crippen LogP contribution in [0.1, 0.15) is 15.9 Å². The maximum atomic E-state index is 12.8. The monoisotopic (exact) mass is 398 g/mol. The maximum Gasteiger partial charge on any atom is 0.203 e. The fourth-order valence-corrected chi connectivity index (χ4v) is 3.09. The second kappa shape index (κ2) is 8.60. The average Bonchev–Trinajstić information content (AvgIpc) is 3.25. The Morgan fingerprint density at radius 3 is 2.00 bits per heavy atom. The van der Waals surface area contributed by atoms with Gasteiger partial charge in [-0.05, 0) is 36.4 Å². The van der Waals surface area contributed by atoms with Gasteiger partial charge in [0.2, 0.25) is 5.75 Å². The lowest BCUT2D eigenvalue weighted by atomic mass is 10.1. The van der Waals surface area contributed by atoms with Gasteiger partial charge in [0.05, 0.1) is 47.2 Å². The Kier molecular flexibility index (Phi) is 5.97. The lowest BCUT2D eigenvalue weighted by Crippen LogP contribution is -2.00. The number of benzene rings is 2. The molecule has 0 saturated carbocycles. The van der Waals surface area contributed by atoms with Crippen LogP contribution in [-0.4, -0.2) is 41.3 Å². The number of ketones is 1. The Bertz CT molecular complexity index is 1040. The first-order valence-corrected chi connectivity index (χ1v) is 8.72. The highest BCUT2D eigenvalue weighted by atomic mass is 16.5. The fraction of sp³-hybridized carbons (Fsp3) is 0.227. The van der Waals surface area contributed by atoms with Gasteiger partial charge in [0.25, 0.3) is 0 Å². The zero-order valence-electron chi connectivity index (χ0n) is 16.9. The topological polar surface area (TPSA) is 76.4 Å². The summed E-state index contributed by atoms with van der Waals surface area (Å²) in [6, 6.07) is 6.74. The highest BCUT2D eigenvalue weighted by Crippen LogP contribution is 2.39. The summed E-state index contributed by atoms with van der Waals surface area (Å²) < 4.78 is 32.3. The van der Waals surface area contributed by atoms with Crippen LogP contribution in [0.15, 0.2) is 41.0 Å². The summed E-state index contributed by atoms with van der Waals surface area (Å²) in [5.74, 6) is 2.13. The number of carbonyl (C=O) groups is 1. The van der Waals surface area contributed by atoms with E-state index < -0.39 is 0 Å². The molecule has 0 fully saturated rings. The zero-order valence-corrected chi connectivity index (χ0v) is 16.9. The molecular formula is C22H22O7.